The molecule has 1 heterocycles. The minimum absolute atomic E-state index is 0.630. The zero-order chi connectivity index (χ0) is 12.8. The van der Waals surface area contributed by atoms with Crippen molar-refractivity contribution >= 4 is 11.3 Å². The summed E-state index contributed by atoms with van der Waals surface area (Å²) in [4.78, 5) is 1.57. The van der Waals surface area contributed by atoms with Crippen molar-refractivity contribution < 1.29 is 0 Å². The van der Waals surface area contributed by atoms with Crippen LogP contribution in [0.15, 0.2) is 17.5 Å². The van der Waals surface area contributed by atoms with Crippen molar-refractivity contribution in [3.8, 4) is 0 Å². The number of hydrogen-bond donors (Lipinski definition) is 1. The Kier molecular flexibility index (Phi) is 5.71. The molecule has 0 aromatic carbocycles. The smallest absolute Gasteiger partial charge is 0.00453 e. The van der Waals surface area contributed by atoms with Crippen LogP contribution in [0.4, 0.5) is 0 Å². The minimum Gasteiger partial charge on any atom is -0.314 e. The average molecular weight is 265 g/mol. The van der Waals surface area contributed by atoms with Gasteiger partial charge >= 0.3 is 0 Å². The van der Waals surface area contributed by atoms with E-state index in [0.717, 1.165) is 11.8 Å². The molecule has 0 saturated heterocycles. The van der Waals surface area contributed by atoms with E-state index in [1.165, 1.54) is 45.1 Å². The molecule has 1 nitrogen and oxygen atoms in total. The van der Waals surface area contributed by atoms with E-state index in [1.54, 1.807) is 4.88 Å². The van der Waals surface area contributed by atoms with E-state index in [0.29, 0.717) is 6.04 Å². The Bertz CT molecular complexity index is 318. The second-order valence-corrected chi connectivity index (χ2v) is 7.02. The van der Waals surface area contributed by atoms with Crippen LogP contribution in [0.25, 0.3) is 0 Å². The third kappa shape index (κ3) is 4.40. The Hall–Kier alpha value is -0.340. The van der Waals surface area contributed by atoms with E-state index in [1.807, 2.05) is 11.3 Å². The van der Waals surface area contributed by atoms with Crippen LogP contribution in [0, 0.1) is 11.8 Å². The fourth-order valence-corrected chi connectivity index (χ4v) is 3.83. The number of thiophene rings is 1. The van der Waals surface area contributed by atoms with Gasteiger partial charge in [0.1, 0.15) is 0 Å². The van der Waals surface area contributed by atoms with Crippen molar-refractivity contribution in [2.45, 2.75) is 58.4 Å². The van der Waals surface area contributed by atoms with Gasteiger partial charge in [-0.3, -0.25) is 0 Å². The summed E-state index contributed by atoms with van der Waals surface area (Å²) in [6.45, 7) is 5.74. The maximum Gasteiger partial charge on any atom is 0.00453 e. The van der Waals surface area contributed by atoms with Gasteiger partial charge in [0.25, 0.3) is 0 Å². The van der Waals surface area contributed by atoms with Crippen LogP contribution in [0.5, 0.6) is 0 Å². The normalized spacial score (nSPS) is 24.6. The highest BCUT2D eigenvalue weighted by molar-refractivity contribution is 7.09. The Morgan fingerprint density at radius 3 is 2.72 bits per heavy atom. The fraction of sp³-hybridized carbons (Fsp3) is 0.750. The molecule has 2 atom stereocenters. The molecule has 102 valence electrons. The molecule has 0 bridgehead atoms. The summed E-state index contributed by atoms with van der Waals surface area (Å²) in [6, 6.07) is 5.10. The average Bonchev–Trinajstić information content (AvgIpc) is 2.88. The van der Waals surface area contributed by atoms with Crippen LogP contribution < -0.4 is 5.32 Å². The largest absolute Gasteiger partial charge is 0.314 e. The molecule has 2 heteroatoms. The monoisotopic (exact) mass is 265 g/mol. The number of rotatable bonds is 6. The summed E-state index contributed by atoms with van der Waals surface area (Å²) in [5, 5.41) is 5.84. The number of hydrogen-bond acceptors (Lipinski definition) is 2. The minimum atomic E-state index is 0.630. The van der Waals surface area contributed by atoms with Crippen molar-refractivity contribution in [3.63, 3.8) is 0 Å². The van der Waals surface area contributed by atoms with Gasteiger partial charge in [0, 0.05) is 10.9 Å². The molecular formula is C16H27NS. The van der Waals surface area contributed by atoms with Gasteiger partial charge in [0.2, 0.25) is 0 Å². The molecule has 1 saturated carbocycles. The lowest BCUT2D eigenvalue weighted by Gasteiger charge is -2.32. The second-order valence-electron chi connectivity index (χ2n) is 5.99. The first-order valence-electron chi connectivity index (χ1n) is 7.51. The summed E-state index contributed by atoms with van der Waals surface area (Å²) >= 11 is 1.92. The van der Waals surface area contributed by atoms with Crippen molar-refractivity contribution in [2.24, 2.45) is 11.8 Å². The SMILES string of the molecule is CC(C)NCC1CCCCC1CCc1cccs1. The summed E-state index contributed by atoms with van der Waals surface area (Å²) in [5.41, 5.74) is 0. The number of nitrogens with one attached hydrogen (secondary N) is 1. The summed E-state index contributed by atoms with van der Waals surface area (Å²) in [5.74, 6) is 1.87. The molecule has 0 amide bonds. The fourth-order valence-electron chi connectivity index (χ4n) is 3.10. The molecule has 1 aliphatic rings. The van der Waals surface area contributed by atoms with Gasteiger partial charge in [-0.05, 0) is 49.1 Å². The lowest BCUT2D eigenvalue weighted by atomic mass is 9.76. The third-order valence-corrected chi connectivity index (χ3v) is 5.13. The molecule has 1 aromatic heterocycles. The zero-order valence-electron chi connectivity index (χ0n) is 11.8. The molecule has 0 radical (unpaired) electrons. The molecule has 18 heavy (non-hydrogen) atoms. The van der Waals surface area contributed by atoms with Crippen LogP contribution in [0.1, 0.15) is 50.8 Å². The second kappa shape index (κ2) is 7.30. The van der Waals surface area contributed by atoms with E-state index in [2.05, 4.69) is 36.7 Å². The predicted molar refractivity (Wildman–Crippen MR) is 81.2 cm³/mol. The van der Waals surface area contributed by atoms with Crippen molar-refractivity contribution in [1.29, 1.82) is 0 Å². The van der Waals surface area contributed by atoms with E-state index in [9.17, 15) is 0 Å². The van der Waals surface area contributed by atoms with Gasteiger partial charge in [-0.1, -0.05) is 39.2 Å². The van der Waals surface area contributed by atoms with Crippen LogP contribution in [-0.4, -0.2) is 12.6 Å². The van der Waals surface area contributed by atoms with E-state index < -0.39 is 0 Å². The first kappa shape index (κ1) is 14.1. The Morgan fingerprint density at radius 2 is 2.06 bits per heavy atom. The van der Waals surface area contributed by atoms with E-state index in [-0.39, 0.29) is 0 Å². The summed E-state index contributed by atoms with van der Waals surface area (Å²) in [6.07, 6.45) is 8.48. The Morgan fingerprint density at radius 1 is 1.28 bits per heavy atom. The van der Waals surface area contributed by atoms with Crippen LogP contribution in [0.2, 0.25) is 0 Å². The van der Waals surface area contributed by atoms with Crippen molar-refractivity contribution in [1.82, 2.24) is 5.32 Å². The zero-order valence-corrected chi connectivity index (χ0v) is 12.6. The first-order chi connectivity index (χ1) is 8.75. The van der Waals surface area contributed by atoms with Gasteiger partial charge in [0.05, 0.1) is 0 Å². The Labute approximate surface area is 116 Å². The van der Waals surface area contributed by atoms with E-state index >= 15 is 0 Å². The molecule has 2 unspecified atom stereocenters. The lowest BCUT2D eigenvalue weighted by Crippen LogP contribution is -2.34. The molecule has 0 spiro atoms. The van der Waals surface area contributed by atoms with Crippen LogP contribution >= 0.6 is 11.3 Å². The maximum absolute atomic E-state index is 3.64. The van der Waals surface area contributed by atoms with Gasteiger partial charge in [0.15, 0.2) is 0 Å². The standard InChI is InChI=1S/C16H27NS/c1-13(2)17-12-15-7-4-3-6-14(15)9-10-16-8-5-11-18-16/h5,8,11,13-15,17H,3-4,6-7,9-10,12H2,1-2H3. The summed E-state index contributed by atoms with van der Waals surface area (Å²) in [7, 11) is 0. The number of aryl methyl sites for hydroxylation is 1. The Balaban J connectivity index is 1.79. The molecular weight excluding hydrogens is 238 g/mol. The van der Waals surface area contributed by atoms with Gasteiger partial charge in [-0.25, -0.2) is 0 Å². The van der Waals surface area contributed by atoms with Crippen molar-refractivity contribution in [3.05, 3.63) is 22.4 Å². The van der Waals surface area contributed by atoms with Gasteiger partial charge in [-0.15, -0.1) is 11.3 Å². The van der Waals surface area contributed by atoms with Crippen LogP contribution in [0.3, 0.4) is 0 Å². The topological polar surface area (TPSA) is 12.0 Å². The quantitative estimate of drug-likeness (QED) is 0.799. The molecule has 0 aliphatic heterocycles. The lowest BCUT2D eigenvalue weighted by molar-refractivity contribution is 0.214. The molecule has 1 aromatic rings. The summed E-state index contributed by atoms with van der Waals surface area (Å²) < 4.78 is 0. The third-order valence-electron chi connectivity index (χ3n) is 4.20. The molecule has 2 rings (SSSR count). The molecule has 1 N–H and O–H groups in total. The van der Waals surface area contributed by atoms with Gasteiger partial charge < -0.3 is 5.32 Å². The highest BCUT2D eigenvalue weighted by Gasteiger charge is 2.24. The first-order valence-corrected chi connectivity index (χ1v) is 8.39. The van der Waals surface area contributed by atoms with E-state index in [4.69, 9.17) is 0 Å². The molecule has 1 aliphatic carbocycles. The highest BCUT2D eigenvalue weighted by Crippen LogP contribution is 2.33. The van der Waals surface area contributed by atoms with Crippen molar-refractivity contribution in [2.75, 3.05) is 6.54 Å². The highest BCUT2D eigenvalue weighted by atomic mass is 32.1. The maximum atomic E-state index is 3.64. The predicted octanol–water partition coefficient (Wildman–Crippen LogP) is 4.49. The van der Waals surface area contributed by atoms with Gasteiger partial charge in [-0.2, -0.15) is 0 Å². The molecule has 1 fully saturated rings. The van der Waals surface area contributed by atoms with Crippen LogP contribution in [-0.2, 0) is 6.42 Å².